The van der Waals surface area contributed by atoms with Crippen molar-refractivity contribution >= 4 is 27.6 Å². The van der Waals surface area contributed by atoms with Gasteiger partial charge in [0.25, 0.3) is 0 Å². The first-order valence-corrected chi connectivity index (χ1v) is 13.6. The van der Waals surface area contributed by atoms with E-state index >= 15 is 0 Å². The van der Waals surface area contributed by atoms with E-state index in [2.05, 4.69) is 10.8 Å². The molecule has 0 spiro atoms. The largest absolute Gasteiger partial charge is 0.481 e. The van der Waals surface area contributed by atoms with Gasteiger partial charge in [-0.1, -0.05) is 35.9 Å². The summed E-state index contributed by atoms with van der Waals surface area (Å²) < 4.78 is 48.3. The molecule has 35 heavy (non-hydrogen) atoms. The zero-order chi connectivity index (χ0) is 25.1. The first-order chi connectivity index (χ1) is 16.7. The lowest BCUT2D eigenvalue weighted by Gasteiger charge is -2.39. The van der Waals surface area contributed by atoms with Crippen molar-refractivity contribution in [3.8, 4) is 0 Å². The second-order valence-corrected chi connectivity index (χ2v) is 11.5. The van der Waals surface area contributed by atoms with Gasteiger partial charge in [0.1, 0.15) is 5.82 Å². The van der Waals surface area contributed by atoms with E-state index in [1.807, 2.05) is 6.08 Å². The number of carbonyl (C=O) groups is 1. The fourth-order valence-electron chi connectivity index (χ4n) is 5.44. The van der Waals surface area contributed by atoms with Crippen LogP contribution < -0.4 is 4.72 Å². The third kappa shape index (κ3) is 5.77. The standard InChI is InChI=1S/C26H29ClFNO5S/c27-19-9-13-21(14-10-19)35(32,33)29-16-22-23(5-3-1-2-4-6-25(30)31)26(15-24(22)34-17-26)18-7-11-20(28)12-8-18/h1,3,7-14,22-24,29H,2,4-6,15-17H2,(H,30,31)/b3-1-/t22-,23-,24?,26?/m0/s1. The zero-order valence-corrected chi connectivity index (χ0v) is 20.8. The number of benzene rings is 2. The number of sulfonamides is 1. The SMILES string of the molecule is O=C(O)CCC/C=C\C[C@H]1[C@H](CNS(=O)(=O)c2ccc(Cl)cc2)C2CC1(c1ccc(F)cc1)CO2. The number of carboxylic acids is 1. The molecule has 1 saturated heterocycles. The molecule has 2 bridgehead atoms. The van der Waals surface area contributed by atoms with Crippen molar-refractivity contribution < 1.29 is 27.4 Å². The molecule has 1 aliphatic carbocycles. The summed E-state index contributed by atoms with van der Waals surface area (Å²) in [6.07, 6.45) is 6.71. The molecular weight excluding hydrogens is 493 g/mol. The summed E-state index contributed by atoms with van der Waals surface area (Å²) in [6, 6.07) is 12.5. The molecule has 4 rings (SSSR count). The molecule has 188 valence electrons. The molecule has 4 atom stereocenters. The monoisotopic (exact) mass is 521 g/mol. The van der Waals surface area contributed by atoms with Crippen LogP contribution in [0.1, 0.15) is 37.7 Å². The van der Waals surface area contributed by atoms with Gasteiger partial charge in [0.15, 0.2) is 0 Å². The molecule has 0 radical (unpaired) electrons. The van der Waals surface area contributed by atoms with E-state index in [-0.39, 0.29) is 47.0 Å². The van der Waals surface area contributed by atoms with Gasteiger partial charge in [-0.15, -0.1) is 0 Å². The van der Waals surface area contributed by atoms with Crippen LogP contribution in [0.25, 0.3) is 0 Å². The summed E-state index contributed by atoms with van der Waals surface area (Å²) >= 11 is 5.89. The summed E-state index contributed by atoms with van der Waals surface area (Å²) in [7, 11) is -3.72. The number of aliphatic carboxylic acids is 1. The van der Waals surface area contributed by atoms with Crippen LogP contribution in [0.5, 0.6) is 0 Å². The minimum absolute atomic E-state index is 0.0699. The predicted octanol–water partition coefficient (Wildman–Crippen LogP) is 4.93. The average molecular weight is 522 g/mol. The van der Waals surface area contributed by atoms with Crippen molar-refractivity contribution in [3.63, 3.8) is 0 Å². The number of halogens is 2. The van der Waals surface area contributed by atoms with Crippen molar-refractivity contribution in [1.29, 1.82) is 0 Å². The summed E-state index contributed by atoms with van der Waals surface area (Å²) in [5, 5.41) is 9.28. The molecule has 2 aromatic carbocycles. The number of allylic oxidation sites excluding steroid dienone is 2. The summed E-state index contributed by atoms with van der Waals surface area (Å²) in [5.41, 5.74) is 0.661. The third-order valence-corrected chi connectivity index (χ3v) is 8.89. The lowest BCUT2D eigenvalue weighted by Crippen LogP contribution is -2.44. The lowest BCUT2D eigenvalue weighted by molar-refractivity contribution is -0.137. The van der Waals surface area contributed by atoms with Gasteiger partial charge in [-0.3, -0.25) is 4.79 Å². The minimum Gasteiger partial charge on any atom is -0.481 e. The molecular formula is C26H29ClFNO5S. The number of carboxylic acid groups (broad SMARTS) is 1. The average Bonchev–Trinajstić information content (AvgIpc) is 3.38. The van der Waals surface area contributed by atoms with E-state index in [9.17, 15) is 17.6 Å². The van der Waals surface area contributed by atoms with E-state index in [1.54, 1.807) is 12.1 Å². The Morgan fingerprint density at radius 1 is 1.17 bits per heavy atom. The van der Waals surface area contributed by atoms with Gasteiger partial charge in [-0.25, -0.2) is 17.5 Å². The maximum Gasteiger partial charge on any atom is 0.303 e. The highest BCUT2D eigenvalue weighted by Gasteiger charge is 2.59. The number of unbranched alkanes of at least 4 members (excludes halogenated alkanes) is 1. The first kappa shape index (κ1) is 25.8. The Morgan fingerprint density at radius 2 is 1.89 bits per heavy atom. The topological polar surface area (TPSA) is 92.7 Å². The lowest BCUT2D eigenvalue weighted by atomic mass is 9.69. The van der Waals surface area contributed by atoms with Crippen molar-refractivity contribution in [3.05, 3.63) is 77.1 Å². The molecule has 0 aromatic heterocycles. The van der Waals surface area contributed by atoms with E-state index in [1.165, 1.54) is 36.4 Å². The number of hydrogen-bond acceptors (Lipinski definition) is 4. The van der Waals surface area contributed by atoms with Crippen LogP contribution in [0, 0.1) is 17.7 Å². The highest BCUT2D eigenvalue weighted by Crippen LogP contribution is 2.56. The van der Waals surface area contributed by atoms with Crippen molar-refractivity contribution in [1.82, 2.24) is 4.72 Å². The maximum absolute atomic E-state index is 13.6. The first-order valence-electron chi connectivity index (χ1n) is 11.7. The van der Waals surface area contributed by atoms with E-state index in [0.29, 0.717) is 30.9 Å². The summed E-state index contributed by atoms with van der Waals surface area (Å²) in [5.74, 6) is -1.11. The summed E-state index contributed by atoms with van der Waals surface area (Å²) in [4.78, 5) is 10.9. The Kier molecular flexibility index (Phi) is 7.96. The predicted molar refractivity (Wildman–Crippen MR) is 131 cm³/mol. The Labute approximate surface area is 210 Å². The van der Waals surface area contributed by atoms with Gasteiger partial charge < -0.3 is 9.84 Å². The normalized spacial score (nSPS) is 25.9. The molecule has 1 aliphatic heterocycles. The van der Waals surface area contributed by atoms with Crippen LogP contribution in [-0.4, -0.2) is 38.7 Å². The summed E-state index contributed by atoms with van der Waals surface area (Å²) in [6.45, 7) is 0.720. The molecule has 1 saturated carbocycles. The van der Waals surface area contributed by atoms with Crippen LogP contribution in [0.3, 0.4) is 0 Å². The Balaban J connectivity index is 1.53. The van der Waals surface area contributed by atoms with Gasteiger partial charge in [-0.05, 0) is 73.6 Å². The minimum atomic E-state index is -3.72. The molecule has 1 heterocycles. The van der Waals surface area contributed by atoms with Crippen molar-refractivity contribution in [2.75, 3.05) is 13.2 Å². The molecule has 6 nitrogen and oxygen atoms in total. The number of hydrogen-bond donors (Lipinski definition) is 2. The van der Waals surface area contributed by atoms with E-state index < -0.39 is 16.0 Å². The van der Waals surface area contributed by atoms with Gasteiger partial charge in [-0.2, -0.15) is 0 Å². The maximum atomic E-state index is 13.6. The molecule has 2 N–H and O–H groups in total. The van der Waals surface area contributed by atoms with Crippen LogP contribution in [0.2, 0.25) is 5.02 Å². The molecule has 0 amide bonds. The fraction of sp³-hybridized carbons (Fsp3) is 0.423. The van der Waals surface area contributed by atoms with Gasteiger partial charge in [0.05, 0.1) is 17.6 Å². The number of nitrogens with one attached hydrogen (secondary N) is 1. The van der Waals surface area contributed by atoms with Crippen LogP contribution in [0.15, 0.2) is 65.6 Å². The number of ether oxygens (including phenoxy) is 1. The van der Waals surface area contributed by atoms with Crippen LogP contribution in [0.4, 0.5) is 4.39 Å². The van der Waals surface area contributed by atoms with E-state index in [4.69, 9.17) is 21.4 Å². The quantitative estimate of drug-likeness (QED) is 0.323. The van der Waals surface area contributed by atoms with Crippen molar-refractivity contribution in [2.24, 2.45) is 11.8 Å². The molecule has 2 unspecified atom stereocenters. The fourth-order valence-corrected chi connectivity index (χ4v) is 6.64. The molecule has 2 fully saturated rings. The second kappa shape index (κ2) is 10.8. The molecule has 2 aromatic rings. The Bertz CT molecular complexity index is 1170. The highest BCUT2D eigenvalue weighted by molar-refractivity contribution is 7.89. The van der Waals surface area contributed by atoms with E-state index in [0.717, 1.165) is 12.0 Å². The highest BCUT2D eigenvalue weighted by atomic mass is 35.5. The smallest absolute Gasteiger partial charge is 0.303 e. The zero-order valence-electron chi connectivity index (χ0n) is 19.2. The molecule has 2 aliphatic rings. The number of rotatable bonds is 11. The van der Waals surface area contributed by atoms with Gasteiger partial charge in [0.2, 0.25) is 10.0 Å². The third-order valence-electron chi connectivity index (χ3n) is 7.19. The second-order valence-electron chi connectivity index (χ2n) is 9.29. The number of fused-ring (bicyclic) bond motifs is 2. The van der Waals surface area contributed by atoms with Crippen molar-refractivity contribution in [2.45, 2.75) is 48.5 Å². The van der Waals surface area contributed by atoms with Gasteiger partial charge in [0, 0.05) is 29.3 Å². The Hall–Kier alpha value is -2.26. The van der Waals surface area contributed by atoms with Gasteiger partial charge >= 0.3 is 5.97 Å². The Morgan fingerprint density at radius 3 is 2.57 bits per heavy atom. The van der Waals surface area contributed by atoms with Crippen LogP contribution in [-0.2, 0) is 25.0 Å². The van der Waals surface area contributed by atoms with Crippen LogP contribution >= 0.6 is 11.6 Å². The molecule has 9 heteroatoms.